The van der Waals surface area contributed by atoms with Gasteiger partial charge >= 0.3 is 0 Å². The lowest BCUT2D eigenvalue weighted by molar-refractivity contribution is 0.269. The first kappa shape index (κ1) is 40.1. The number of amidine groups is 1. The molecule has 0 amide bonds. The number of ether oxygens (including phenoxy) is 1. The van der Waals surface area contributed by atoms with Gasteiger partial charge < -0.3 is 19.0 Å². The average molecular weight is 923 g/mol. The maximum Gasteiger partial charge on any atom is 0.146 e. The molecule has 15 rings (SSSR count). The second-order valence-corrected chi connectivity index (χ2v) is 20.4. The van der Waals surface area contributed by atoms with Crippen LogP contribution < -0.4 is 15.4 Å². The Balaban J connectivity index is 0.814. The zero-order valence-electron chi connectivity index (χ0n) is 38.1. The molecule has 2 N–H and O–H groups in total. The number of nitrogens with one attached hydrogen (secondary N) is 2. The molecule has 9 aromatic rings. The van der Waals surface area contributed by atoms with Crippen LogP contribution in [-0.4, -0.2) is 21.8 Å². The van der Waals surface area contributed by atoms with Gasteiger partial charge in [0.15, 0.2) is 0 Å². The molecular weight excluding hydrogens is 877 g/mol. The predicted octanol–water partition coefficient (Wildman–Crippen LogP) is 14.9. The lowest BCUT2D eigenvalue weighted by atomic mass is 9.84. The summed E-state index contributed by atoms with van der Waals surface area (Å²) < 4.78 is 15.9. The number of aliphatic imine (C=N–C) groups is 1. The van der Waals surface area contributed by atoms with Gasteiger partial charge in [-0.3, -0.25) is 5.32 Å². The molecule has 0 spiro atoms. The molecular formula is C63H46N4O2S. The molecule has 0 saturated carbocycles. The van der Waals surface area contributed by atoms with Crippen LogP contribution in [0.5, 0.6) is 5.75 Å². The number of nitrogens with zero attached hydrogens (tertiary/aromatic N) is 2. The Bertz CT molecular complexity index is 3880. The molecule has 0 radical (unpaired) electrons. The number of para-hydroxylation sites is 2. The number of allylic oxidation sites excluding steroid dienone is 9. The SMILES string of the molecule is C1=CCC(n2c3ccc(C4=CC5c6c(cccc6C6NC(c7cccc8c7oc7ccccc78)=NC(c7ccccc7)N6)OC5C=C4)cc3c3ccc(-c4cccc5c4SC4C=CC=CC54)cc32)C=C1. The number of furan rings is 1. The van der Waals surface area contributed by atoms with Crippen LogP contribution in [0.25, 0.3) is 60.4 Å². The summed E-state index contributed by atoms with van der Waals surface area (Å²) in [6.45, 7) is 0. The van der Waals surface area contributed by atoms with Crippen molar-refractivity contribution < 1.29 is 9.15 Å². The Morgan fingerprint density at radius 1 is 0.629 bits per heavy atom. The van der Waals surface area contributed by atoms with Crippen molar-refractivity contribution in [3.8, 4) is 16.9 Å². The summed E-state index contributed by atoms with van der Waals surface area (Å²) in [5.74, 6) is 2.13. The van der Waals surface area contributed by atoms with Crippen molar-refractivity contribution in [2.75, 3.05) is 0 Å². The van der Waals surface area contributed by atoms with E-state index in [9.17, 15) is 0 Å². The summed E-state index contributed by atoms with van der Waals surface area (Å²) in [7, 11) is 0. The minimum absolute atomic E-state index is 0.00476. The highest BCUT2D eigenvalue weighted by molar-refractivity contribution is 8.00. The molecule has 70 heavy (non-hydrogen) atoms. The zero-order valence-corrected chi connectivity index (χ0v) is 38.9. The smallest absolute Gasteiger partial charge is 0.146 e. The molecule has 2 aromatic heterocycles. The third-order valence-electron chi connectivity index (χ3n) is 15.3. The van der Waals surface area contributed by atoms with Gasteiger partial charge in [0.25, 0.3) is 0 Å². The van der Waals surface area contributed by atoms with Gasteiger partial charge in [-0.25, -0.2) is 4.99 Å². The molecule has 0 saturated heterocycles. The maximum atomic E-state index is 6.79. The van der Waals surface area contributed by atoms with E-state index < -0.39 is 0 Å². The molecule has 0 fully saturated rings. The minimum atomic E-state index is -0.301. The summed E-state index contributed by atoms with van der Waals surface area (Å²) in [5, 5.41) is 12.9. The summed E-state index contributed by atoms with van der Waals surface area (Å²) in [6.07, 6.45) is 25.4. The molecule has 7 unspecified atom stereocenters. The second kappa shape index (κ2) is 15.9. The van der Waals surface area contributed by atoms with Crippen molar-refractivity contribution in [2.45, 2.75) is 52.9 Å². The summed E-state index contributed by atoms with van der Waals surface area (Å²) in [5.41, 5.74) is 15.0. The van der Waals surface area contributed by atoms with E-state index in [4.69, 9.17) is 14.1 Å². The number of rotatable bonds is 6. The molecule has 6 nitrogen and oxygen atoms in total. The number of benzene rings is 7. The van der Waals surface area contributed by atoms with E-state index in [1.54, 1.807) is 0 Å². The Morgan fingerprint density at radius 3 is 2.40 bits per heavy atom. The van der Waals surface area contributed by atoms with E-state index >= 15 is 0 Å². The largest absolute Gasteiger partial charge is 0.485 e. The van der Waals surface area contributed by atoms with Crippen molar-refractivity contribution in [1.29, 1.82) is 0 Å². The maximum absolute atomic E-state index is 6.79. The molecule has 3 aliphatic heterocycles. The summed E-state index contributed by atoms with van der Waals surface area (Å²) in [4.78, 5) is 6.75. The van der Waals surface area contributed by atoms with Crippen molar-refractivity contribution in [1.82, 2.24) is 15.2 Å². The Morgan fingerprint density at radius 2 is 1.46 bits per heavy atom. The highest BCUT2D eigenvalue weighted by atomic mass is 32.2. The van der Waals surface area contributed by atoms with E-state index in [1.165, 1.54) is 60.1 Å². The minimum Gasteiger partial charge on any atom is -0.485 e. The predicted molar refractivity (Wildman–Crippen MR) is 287 cm³/mol. The lowest BCUT2D eigenvalue weighted by Crippen LogP contribution is -2.45. The summed E-state index contributed by atoms with van der Waals surface area (Å²) >= 11 is 2.01. The fraction of sp³-hybridized carbons (Fsp3) is 0.127. The molecule has 336 valence electrons. The normalized spacial score (nSPS) is 23.8. The molecule has 7 heteroatoms. The van der Waals surface area contributed by atoms with Crippen LogP contribution in [0.4, 0.5) is 0 Å². The first-order valence-corrected chi connectivity index (χ1v) is 25.4. The van der Waals surface area contributed by atoms with E-state index in [0.29, 0.717) is 11.2 Å². The molecule has 5 heterocycles. The Labute approximate surface area is 409 Å². The Kier molecular flexibility index (Phi) is 9.08. The lowest BCUT2D eigenvalue weighted by Gasteiger charge is -2.33. The average Bonchev–Trinajstić information content (AvgIpc) is 4.20. The number of hydrogen-bond donors (Lipinski definition) is 2. The quantitative estimate of drug-likeness (QED) is 0.174. The van der Waals surface area contributed by atoms with Crippen LogP contribution >= 0.6 is 11.8 Å². The molecule has 7 aromatic carbocycles. The zero-order chi connectivity index (χ0) is 45.9. The number of fused-ring (bicyclic) bond motifs is 12. The van der Waals surface area contributed by atoms with Crippen molar-refractivity contribution >= 4 is 66.9 Å². The van der Waals surface area contributed by atoms with E-state index in [2.05, 4.69) is 215 Å². The topological polar surface area (TPSA) is 63.7 Å². The van der Waals surface area contributed by atoms with Crippen LogP contribution in [0.15, 0.2) is 227 Å². The second-order valence-electron chi connectivity index (χ2n) is 19.2. The Hall–Kier alpha value is -7.84. The van der Waals surface area contributed by atoms with Crippen molar-refractivity contribution in [2.24, 2.45) is 4.99 Å². The van der Waals surface area contributed by atoms with Crippen LogP contribution in [0.3, 0.4) is 0 Å². The van der Waals surface area contributed by atoms with Crippen LogP contribution in [0.1, 0.15) is 70.0 Å². The van der Waals surface area contributed by atoms with Crippen molar-refractivity contribution in [3.05, 3.63) is 246 Å². The van der Waals surface area contributed by atoms with Gasteiger partial charge in [0.2, 0.25) is 0 Å². The third kappa shape index (κ3) is 6.28. The third-order valence-corrected chi connectivity index (χ3v) is 16.7. The fourth-order valence-corrected chi connectivity index (χ4v) is 13.5. The van der Waals surface area contributed by atoms with E-state index in [-0.39, 0.29) is 30.4 Å². The van der Waals surface area contributed by atoms with Gasteiger partial charge in [-0.05, 0) is 87.8 Å². The number of hydrogen-bond acceptors (Lipinski definition) is 6. The first-order valence-electron chi connectivity index (χ1n) is 24.5. The van der Waals surface area contributed by atoms with Gasteiger partial charge in [-0.1, -0.05) is 170 Å². The van der Waals surface area contributed by atoms with E-state index in [0.717, 1.165) is 56.6 Å². The molecule has 0 bridgehead atoms. The standard InChI is InChI=1S/C63H46N4O2S/c1-3-14-37(15-4-1)61-64-62(66-63(65-61)49-24-12-21-46-44-18-7-9-25-54(44)69-59(46)49)48-23-13-26-56-58(48)51-35-39(30-33-55(51)68-56)38-29-32-52-50(34-38)43-31-28-40(36-53(43)67(52)41-16-5-2-6-17-41)42-20-11-22-47-45-19-8-10-27-57(45)70-60(42)47/h1-16,18-36,41,45,51,55,57,61-62,64H,17H2,(H,65,66). The van der Waals surface area contributed by atoms with Crippen LogP contribution in [0.2, 0.25) is 0 Å². The number of thioether (sulfide) groups is 1. The van der Waals surface area contributed by atoms with Crippen LogP contribution in [0, 0.1) is 0 Å². The van der Waals surface area contributed by atoms with Crippen molar-refractivity contribution in [3.63, 3.8) is 0 Å². The van der Waals surface area contributed by atoms with Gasteiger partial charge in [0.1, 0.15) is 41.2 Å². The van der Waals surface area contributed by atoms with Gasteiger partial charge in [-0.2, -0.15) is 0 Å². The monoisotopic (exact) mass is 922 g/mol. The van der Waals surface area contributed by atoms with Crippen LogP contribution in [-0.2, 0) is 0 Å². The highest BCUT2D eigenvalue weighted by Gasteiger charge is 2.39. The van der Waals surface area contributed by atoms with Gasteiger partial charge in [0, 0.05) is 54.6 Å². The van der Waals surface area contributed by atoms with E-state index in [1.807, 2.05) is 23.9 Å². The molecule has 7 atom stereocenters. The van der Waals surface area contributed by atoms with Gasteiger partial charge in [-0.15, -0.1) is 11.8 Å². The molecule has 3 aliphatic carbocycles. The van der Waals surface area contributed by atoms with Gasteiger partial charge in [0.05, 0.1) is 17.1 Å². The number of aromatic nitrogens is 1. The highest BCUT2D eigenvalue weighted by Crippen LogP contribution is 2.53. The first-order chi connectivity index (χ1) is 34.7. The summed E-state index contributed by atoms with van der Waals surface area (Å²) in [6, 6.07) is 52.9. The fourth-order valence-electron chi connectivity index (χ4n) is 12.0. The molecule has 6 aliphatic rings.